The van der Waals surface area contributed by atoms with Crippen molar-refractivity contribution in [3.05, 3.63) is 35.2 Å². The van der Waals surface area contributed by atoms with E-state index in [1.807, 2.05) is 27.0 Å². The summed E-state index contributed by atoms with van der Waals surface area (Å²) in [5.41, 5.74) is 4.88. The van der Waals surface area contributed by atoms with Gasteiger partial charge in [0.25, 0.3) is 0 Å². The molecular formula is C37H51N9O4. The fourth-order valence-corrected chi connectivity index (χ4v) is 7.94. The summed E-state index contributed by atoms with van der Waals surface area (Å²) in [7, 11) is 2.14. The number of nitriles is 1. The Morgan fingerprint density at radius 2 is 1.92 bits per heavy atom. The number of carbonyl (C=O) groups is 1. The van der Waals surface area contributed by atoms with E-state index >= 15 is 0 Å². The summed E-state index contributed by atoms with van der Waals surface area (Å²) < 4.78 is 20.3. The van der Waals surface area contributed by atoms with E-state index in [1.165, 1.54) is 11.3 Å². The number of ether oxygens (including phenoxy) is 3. The van der Waals surface area contributed by atoms with Gasteiger partial charge in [0.1, 0.15) is 18.0 Å². The third-order valence-electron chi connectivity index (χ3n) is 10.5. The molecule has 3 fully saturated rings. The smallest absolute Gasteiger partial charge is 0.410 e. The fraction of sp³-hybridized carbons (Fsp3) is 0.649. The quantitative estimate of drug-likeness (QED) is 0.326. The van der Waals surface area contributed by atoms with Gasteiger partial charge >= 0.3 is 12.1 Å². The Morgan fingerprint density at radius 3 is 2.66 bits per heavy atom. The lowest BCUT2D eigenvalue weighted by Crippen LogP contribution is -2.56. The molecule has 2 aromatic heterocycles. The first-order valence-corrected chi connectivity index (χ1v) is 18.3. The topological polar surface area (TPSA) is 125 Å². The summed E-state index contributed by atoms with van der Waals surface area (Å²) in [5.74, 6) is 0.841. The number of likely N-dealkylation sites (tertiary alicyclic amines) is 1. The minimum absolute atomic E-state index is 0.0338. The van der Waals surface area contributed by atoms with Crippen molar-refractivity contribution in [2.24, 2.45) is 0 Å². The molecule has 0 bridgehead atoms. The van der Waals surface area contributed by atoms with Crippen molar-refractivity contribution in [2.75, 3.05) is 62.8 Å². The molecule has 4 aliphatic heterocycles. The number of fused-ring (bicyclic) bond motifs is 2. The average Bonchev–Trinajstić information content (AvgIpc) is 3.72. The van der Waals surface area contributed by atoms with E-state index in [0.29, 0.717) is 44.8 Å². The van der Waals surface area contributed by atoms with Gasteiger partial charge < -0.3 is 33.8 Å². The summed E-state index contributed by atoms with van der Waals surface area (Å²) in [6, 6.07) is 7.03. The molecule has 7 rings (SSSR count). The van der Waals surface area contributed by atoms with Gasteiger partial charge in [-0.25, -0.2) is 9.48 Å². The van der Waals surface area contributed by atoms with E-state index in [2.05, 4.69) is 51.6 Å². The maximum absolute atomic E-state index is 13.2. The van der Waals surface area contributed by atoms with Gasteiger partial charge in [0.15, 0.2) is 6.23 Å². The minimum Gasteiger partial charge on any atom is -0.462 e. The van der Waals surface area contributed by atoms with Crippen molar-refractivity contribution in [1.82, 2.24) is 29.5 Å². The van der Waals surface area contributed by atoms with Crippen LogP contribution in [0.15, 0.2) is 18.3 Å². The van der Waals surface area contributed by atoms with Crippen molar-refractivity contribution >= 4 is 28.5 Å². The van der Waals surface area contributed by atoms with Crippen LogP contribution in [-0.4, -0.2) is 106 Å². The highest BCUT2D eigenvalue weighted by Crippen LogP contribution is 2.38. The number of aryl methyl sites for hydroxylation is 1. The molecular weight excluding hydrogens is 634 g/mol. The maximum Gasteiger partial charge on any atom is 0.410 e. The molecule has 1 amide bonds. The second-order valence-electron chi connectivity index (χ2n) is 15.2. The lowest BCUT2D eigenvalue weighted by molar-refractivity contribution is -0.0366. The van der Waals surface area contributed by atoms with E-state index in [-0.39, 0.29) is 24.8 Å². The standard InChI is InChI=1S/C37H51N9O4/c1-25-11-12-31-29(21-39-46(31)32-10-6-7-20-48-32)33(25)43-17-14-28-30(23-43)40-35(49-24-27-9-8-16-42(27)5)41-34(28)44-18-19-45(26(22-44)13-15-38)36(47)50-37(2,3)4/h11-12,21,26-27,32H,6-10,13-14,16-20,22-24H2,1-5H3/t26?,27-,32?/m0/s1. The van der Waals surface area contributed by atoms with Crippen LogP contribution in [-0.2, 0) is 22.4 Å². The molecule has 13 heteroatoms. The Kier molecular flexibility index (Phi) is 9.76. The van der Waals surface area contributed by atoms with Gasteiger partial charge in [-0.2, -0.15) is 20.3 Å². The first-order chi connectivity index (χ1) is 24.1. The van der Waals surface area contributed by atoms with E-state index < -0.39 is 5.60 Å². The van der Waals surface area contributed by atoms with Crippen molar-refractivity contribution in [3.8, 4) is 12.1 Å². The fourth-order valence-electron chi connectivity index (χ4n) is 7.94. The largest absolute Gasteiger partial charge is 0.462 e. The van der Waals surface area contributed by atoms with Gasteiger partial charge in [-0.3, -0.25) is 0 Å². The van der Waals surface area contributed by atoms with Crippen LogP contribution in [0, 0.1) is 18.3 Å². The third-order valence-corrected chi connectivity index (χ3v) is 10.5. The number of anilines is 2. The van der Waals surface area contributed by atoms with E-state index in [0.717, 1.165) is 86.2 Å². The van der Waals surface area contributed by atoms with Gasteiger partial charge in [-0.1, -0.05) is 6.07 Å². The summed E-state index contributed by atoms with van der Waals surface area (Å²) in [4.78, 5) is 31.9. The molecule has 50 heavy (non-hydrogen) atoms. The molecule has 0 radical (unpaired) electrons. The Hall–Kier alpha value is -4.15. The summed E-state index contributed by atoms with van der Waals surface area (Å²) in [5, 5.41) is 15.7. The number of benzene rings is 1. The van der Waals surface area contributed by atoms with Crippen LogP contribution in [0.4, 0.5) is 16.3 Å². The molecule has 4 aliphatic rings. The van der Waals surface area contributed by atoms with Gasteiger partial charge in [-0.15, -0.1) is 0 Å². The second kappa shape index (κ2) is 14.2. The highest BCUT2D eigenvalue weighted by Gasteiger charge is 2.36. The molecule has 6 heterocycles. The minimum atomic E-state index is -0.617. The molecule has 0 saturated carbocycles. The van der Waals surface area contributed by atoms with Crippen LogP contribution >= 0.6 is 0 Å². The zero-order chi connectivity index (χ0) is 35.0. The zero-order valence-electron chi connectivity index (χ0n) is 30.2. The lowest BCUT2D eigenvalue weighted by Gasteiger charge is -2.42. The summed E-state index contributed by atoms with van der Waals surface area (Å²) >= 11 is 0. The predicted molar refractivity (Wildman–Crippen MR) is 190 cm³/mol. The highest BCUT2D eigenvalue weighted by molar-refractivity contribution is 5.94. The molecule has 3 atom stereocenters. The van der Waals surface area contributed by atoms with Crippen molar-refractivity contribution in [1.29, 1.82) is 5.26 Å². The van der Waals surface area contributed by atoms with Crippen LogP contribution in [0.3, 0.4) is 0 Å². The SMILES string of the molecule is Cc1ccc2c(cnn2C2CCCCO2)c1N1CCc2c(nc(OC[C@@H]3CCCN3C)nc2N2CCN(C(=O)OC(C)(C)C)C(CC#N)C2)C1. The number of carbonyl (C=O) groups excluding carboxylic acids is 1. The van der Waals surface area contributed by atoms with Crippen LogP contribution in [0.5, 0.6) is 6.01 Å². The number of hydrogen-bond acceptors (Lipinski definition) is 11. The zero-order valence-corrected chi connectivity index (χ0v) is 30.2. The number of likely N-dealkylation sites (N-methyl/N-ethyl adjacent to an activating group) is 1. The number of amides is 1. The molecule has 0 N–H and O–H groups in total. The lowest BCUT2D eigenvalue weighted by atomic mass is 10.0. The second-order valence-corrected chi connectivity index (χ2v) is 15.2. The van der Waals surface area contributed by atoms with Gasteiger partial charge in [-0.05, 0) is 91.4 Å². The van der Waals surface area contributed by atoms with Crippen LogP contribution in [0.1, 0.15) is 82.3 Å². The van der Waals surface area contributed by atoms with Crippen molar-refractivity contribution < 1.29 is 19.0 Å². The molecule has 3 saturated heterocycles. The van der Waals surface area contributed by atoms with Crippen molar-refractivity contribution in [3.63, 3.8) is 0 Å². The Bertz CT molecular complexity index is 1740. The monoisotopic (exact) mass is 685 g/mol. The number of hydrogen-bond donors (Lipinski definition) is 0. The molecule has 13 nitrogen and oxygen atoms in total. The van der Waals surface area contributed by atoms with Gasteiger partial charge in [0, 0.05) is 49.8 Å². The Balaban J connectivity index is 1.20. The normalized spacial score (nSPS) is 23.2. The Labute approximate surface area is 295 Å². The molecule has 1 aromatic carbocycles. The molecule has 268 valence electrons. The maximum atomic E-state index is 13.2. The number of piperazine rings is 1. The van der Waals surface area contributed by atoms with Crippen molar-refractivity contribution in [2.45, 2.75) is 103 Å². The number of aromatic nitrogens is 4. The van der Waals surface area contributed by atoms with E-state index in [9.17, 15) is 10.1 Å². The summed E-state index contributed by atoms with van der Waals surface area (Å²) in [6.07, 6.45) is 7.99. The predicted octanol–water partition coefficient (Wildman–Crippen LogP) is 5.21. The number of rotatable bonds is 7. The molecule has 0 aliphatic carbocycles. The molecule has 0 spiro atoms. The third kappa shape index (κ3) is 7.05. The van der Waals surface area contributed by atoms with Gasteiger partial charge in [0.05, 0.1) is 48.2 Å². The van der Waals surface area contributed by atoms with E-state index in [4.69, 9.17) is 29.3 Å². The van der Waals surface area contributed by atoms with Crippen LogP contribution in [0.2, 0.25) is 0 Å². The first-order valence-electron chi connectivity index (χ1n) is 18.3. The van der Waals surface area contributed by atoms with Gasteiger partial charge in [0.2, 0.25) is 0 Å². The molecule has 3 aromatic rings. The first kappa shape index (κ1) is 34.3. The number of nitrogens with zero attached hydrogens (tertiary/aromatic N) is 9. The van der Waals surface area contributed by atoms with Crippen LogP contribution in [0.25, 0.3) is 10.9 Å². The Morgan fingerprint density at radius 1 is 1.06 bits per heavy atom. The summed E-state index contributed by atoms with van der Waals surface area (Å²) in [6.45, 7) is 13.0. The highest BCUT2D eigenvalue weighted by atomic mass is 16.6. The molecule has 2 unspecified atom stereocenters. The average molecular weight is 686 g/mol. The van der Waals surface area contributed by atoms with Crippen LogP contribution < -0.4 is 14.5 Å². The van der Waals surface area contributed by atoms with E-state index in [1.54, 1.807) is 4.90 Å².